The fourth-order valence-electron chi connectivity index (χ4n) is 1.88. The number of benzene rings is 1. The molecule has 1 atom stereocenters. The highest BCUT2D eigenvalue weighted by Crippen LogP contribution is 2.37. The number of oxazole rings is 1. The lowest BCUT2D eigenvalue weighted by Crippen LogP contribution is -2.10. The molecule has 0 amide bonds. The summed E-state index contributed by atoms with van der Waals surface area (Å²) in [7, 11) is 1.31. The van der Waals surface area contributed by atoms with Gasteiger partial charge in [0.15, 0.2) is 11.5 Å². The van der Waals surface area contributed by atoms with Gasteiger partial charge in [0.05, 0.1) is 6.61 Å². The quantitative estimate of drug-likeness (QED) is 0.935. The molecule has 19 heavy (non-hydrogen) atoms. The molecule has 0 aliphatic heterocycles. The van der Waals surface area contributed by atoms with Gasteiger partial charge in [-0.25, -0.2) is 4.98 Å². The predicted octanol–water partition coefficient (Wildman–Crippen LogP) is 2.83. The summed E-state index contributed by atoms with van der Waals surface area (Å²) < 4.78 is 48.9. The minimum Gasteiger partial charge on any atom is -0.440 e. The first-order valence-corrected chi connectivity index (χ1v) is 5.48. The molecule has 0 saturated carbocycles. The number of halogens is 3. The fraction of sp³-hybridized carbons (Fsp3) is 0.417. The zero-order valence-corrected chi connectivity index (χ0v) is 10.3. The van der Waals surface area contributed by atoms with Gasteiger partial charge in [-0.15, -0.1) is 0 Å². The summed E-state index contributed by atoms with van der Waals surface area (Å²) in [6, 6.07) is 2.34. The monoisotopic (exact) mass is 275 g/mol. The van der Waals surface area contributed by atoms with E-state index in [9.17, 15) is 13.2 Å². The number of aromatic nitrogens is 1. The van der Waals surface area contributed by atoms with Gasteiger partial charge in [-0.05, 0) is 17.7 Å². The topological polar surface area (TPSA) is 55.5 Å². The summed E-state index contributed by atoms with van der Waals surface area (Å²) in [5.41, 5.74) is -0.923. The third kappa shape index (κ3) is 2.57. The maximum Gasteiger partial charge on any atom is 0.420 e. The van der Waals surface area contributed by atoms with E-state index < -0.39 is 24.5 Å². The van der Waals surface area contributed by atoms with Crippen molar-refractivity contribution in [2.45, 2.75) is 19.2 Å². The average Bonchev–Trinajstić information content (AvgIpc) is 2.68. The molecule has 104 valence electrons. The number of methoxy groups -OCH3 is 1. The Morgan fingerprint density at radius 3 is 2.63 bits per heavy atom. The summed E-state index contributed by atoms with van der Waals surface area (Å²) in [5.74, 6) is 0.149. The number of fused-ring (bicyclic) bond motifs is 1. The molecule has 4 nitrogen and oxygen atoms in total. The van der Waals surface area contributed by atoms with Gasteiger partial charge >= 0.3 is 6.18 Å². The minimum atomic E-state index is -4.56. The van der Waals surface area contributed by atoms with Crippen LogP contribution in [0, 0.1) is 6.92 Å². The molecular formula is C12H12F3NO3. The van der Waals surface area contributed by atoms with E-state index in [-0.39, 0.29) is 22.6 Å². The van der Waals surface area contributed by atoms with Gasteiger partial charge in [-0.1, -0.05) is 0 Å². The second-order valence-corrected chi connectivity index (χ2v) is 4.05. The summed E-state index contributed by atoms with van der Waals surface area (Å²) in [4.78, 5) is 3.90. The van der Waals surface area contributed by atoms with Crippen LogP contribution in [0.4, 0.5) is 13.2 Å². The van der Waals surface area contributed by atoms with Crippen LogP contribution >= 0.6 is 0 Å². The summed E-state index contributed by atoms with van der Waals surface area (Å²) in [6.07, 6.45) is -5.39. The van der Waals surface area contributed by atoms with Gasteiger partial charge in [0.25, 0.3) is 0 Å². The van der Waals surface area contributed by atoms with Gasteiger partial charge in [0.1, 0.15) is 17.2 Å². The molecule has 1 aromatic heterocycles. The summed E-state index contributed by atoms with van der Waals surface area (Å²) >= 11 is 0. The molecule has 1 aromatic carbocycles. The Bertz CT molecular complexity index is 588. The maximum absolute atomic E-state index is 13.0. The SMILES string of the molecule is COC(CO)c1cc(C(F)(F)F)c2oc(C)nc2c1. The summed E-state index contributed by atoms with van der Waals surface area (Å²) in [5, 5.41) is 9.10. The molecule has 0 aliphatic rings. The maximum atomic E-state index is 13.0. The first-order valence-electron chi connectivity index (χ1n) is 5.48. The number of rotatable bonds is 3. The molecule has 0 bridgehead atoms. The van der Waals surface area contributed by atoms with Gasteiger partial charge < -0.3 is 14.3 Å². The smallest absolute Gasteiger partial charge is 0.420 e. The Morgan fingerprint density at radius 1 is 1.42 bits per heavy atom. The lowest BCUT2D eigenvalue weighted by atomic mass is 10.0. The highest BCUT2D eigenvalue weighted by Gasteiger charge is 2.35. The van der Waals surface area contributed by atoms with Gasteiger partial charge in [-0.3, -0.25) is 0 Å². The van der Waals surface area contributed by atoms with Crippen molar-refractivity contribution < 1.29 is 27.4 Å². The Kier molecular flexibility index (Phi) is 3.51. The molecule has 2 aromatic rings. The van der Waals surface area contributed by atoms with Gasteiger partial charge in [-0.2, -0.15) is 13.2 Å². The van der Waals surface area contributed by atoms with E-state index >= 15 is 0 Å². The highest BCUT2D eigenvalue weighted by molar-refractivity contribution is 5.78. The molecule has 0 saturated heterocycles. The number of alkyl halides is 3. The second-order valence-electron chi connectivity index (χ2n) is 4.05. The van der Waals surface area contributed by atoms with Gasteiger partial charge in [0.2, 0.25) is 0 Å². The summed E-state index contributed by atoms with van der Waals surface area (Å²) in [6.45, 7) is 1.05. The highest BCUT2D eigenvalue weighted by atomic mass is 19.4. The standard InChI is InChI=1S/C12H12F3NO3/c1-6-16-9-4-7(10(5-17)18-2)3-8(11(9)19-6)12(13,14)15/h3-4,10,17H,5H2,1-2H3. The van der Waals surface area contributed by atoms with Crippen LogP contribution in [0.1, 0.15) is 23.1 Å². The Hall–Kier alpha value is -1.60. The third-order valence-corrected chi connectivity index (χ3v) is 2.75. The Morgan fingerprint density at radius 2 is 2.11 bits per heavy atom. The number of aliphatic hydroxyl groups excluding tert-OH is 1. The first-order chi connectivity index (χ1) is 8.86. The molecule has 0 fully saturated rings. The molecule has 2 rings (SSSR count). The first kappa shape index (κ1) is 13.8. The van der Waals surface area contributed by atoms with Crippen LogP contribution in [0.2, 0.25) is 0 Å². The predicted molar refractivity (Wildman–Crippen MR) is 60.6 cm³/mol. The van der Waals surface area contributed by atoms with E-state index in [1.165, 1.54) is 20.1 Å². The lowest BCUT2D eigenvalue weighted by molar-refractivity contribution is -0.137. The molecule has 7 heteroatoms. The van der Waals surface area contributed by atoms with Crippen LogP contribution in [0.3, 0.4) is 0 Å². The molecule has 0 spiro atoms. The molecule has 1 heterocycles. The van der Waals surface area contributed by atoms with E-state index in [0.29, 0.717) is 0 Å². The van der Waals surface area contributed by atoms with E-state index in [1.807, 2.05) is 0 Å². The van der Waals surface area contributed by atoms with Gasteiger partial charge in [0, 0.05) is 14.0 Å². The second kappa shape index (κ2) is 4.82. The van der Waals surface area contributed by atoms with E-state index in [1.54, 1.807) is 0 Å². The molecule has 0 aliphatic carbocycles. The van der Waals surface area contributed by atoms with Crippen molar-refractivity contribution in [1.82, 2.24) is 4.98 Å². The van der Waals surface area contributed by atoms with Crippen LogP contribution < -0.4 is 0 Å². The molecule has 1 unspecified atom stereocenters. The van der Waals surface area contributed by atoms with Crippen LogP contribution in [-0.2, 0) is 10.9 Å². The zero-order chi connectivity index (χ0) is 14.2. The number of nitrogens with zero attached hydrogens (tertiary/aromatic N) is 1. The van der Waals surface area contributed by atoms with Crippen molar-refractivity contribution in [3.05, 3.63) is 29.2 Å². The van der Waals surface area contributed by atoms with E-state index in [2.05, 4.69) is 4.98 Å². The van der Waals surface area contributed by atoms with Crippen LogP contribution in [0.15, 0.2) is 16.5 Å². The largest absolute Gasteiger partial charge is 0.440 e. The minimum absolute atomic E-state index is 0.0952. The van der Waals surface area contributed by atoms with Crippen LogP contribution in [0.25, 0.3) is 11.1 Å². The lowest BCUT2D eigenvalue weighted by Gasteiger charge is -2.15. The van der Waals surface area contributed by atoms with Crippen LogP contribution in [-0.4, -0.2) is 23.8 Å². The number of hydrogen-bond acceptors (Lipinski definition) is 4. The number of aliphatic hydroxyl groups is 1. The number of ether oxygens (including phenoxy) is 1. The van der Waals surface area contributed by atoms with Crippen molar-refractivity contribution in [3.8, 4) is 0 Å². The fourth-order valence-corrected chi connectivity index (χ4v) is 1.88. The molecule has 1 N–H and O–H groups in total. The van der Waals surface area contributed by atoms with Crippen LogP contribution in [0.5, 0.6) is 0 Å². The normalized spacial score (nSPS) is 14.0. The number of hydrogen-bond donors (Lipinski definition) is 1. The van der Waals surface area contributed by atoms with E-state index in [4.69, 9.17) is 14.3 Å². The third-order valence-electron chi connectivity index (χ3n) is 2.75. The van der Waals surface area contributed by atoms with E-state index in [0.717, 1.165) is 6.07 Å². The number of aryl methyl sites for hydroxylation is 1. The van der Waals surface area contributed by atoms with Crippen molar-refractivity contribution in [3.63, 3.8) is 0 Å². The van der Waals surface area contributed by atoms with Crippen molar-refractivity contribution in [2.24, 2.45) is 0 Å². The molecular weight excluding hydrogens is 263 g/mol. The van der Waals surface area contributed by atoms with Crippen molar-refractivity contribution in [1.29, 1.82) is 0 Å². The average molecular weight is 275 g/mol. The van der Waals surface area contributed by atoms with Crippen molar-refractivity contribution >= 4 is 11.1 Å². The Labute approximate surface area is 106 Å². The zero-order valence-electron chi connectivity index (χ0n) is 10.3. The Balaban J connectivity index is 2.69. The van der Waals surface area contributed by atoms with Crippen molar-refractivity contribution in [2.75, 3.05) is 13.7 Å². The molecule has 0 radical (unpaired) electrons.